The molecule has 8 aromatic rings. The van der Waals surface area contributed by atoms with Crippen molar-refractivity contribution in [3.05, 3.63) is 194 Å². The summed E-state index contributed by atoms with van der Waals surface area (Å²) in [7, 11) is -6.87. The van der Waals surface area contributed by atoms with Crippen LogP contribution in [0.15, 0.2) is 194 Å². The molecule has 0 saturated heterocycles. The maximum Gasteiger partial charge on any atom is 0.171 e. The average Bonchev–Trinajstić information content (AvgIpc) is 3.18. The lowest BCUT2D eigenvalue weighted by Gasteiger charge is -2.25. The lowest BCUT2D eigenvalue weighted by Crippen LogP contribution is -2.30. The summed E-state index contributed by atoms with van der Waals surface area (Å²) in [5, 5.41) is 8.74. The van der Waals surface area contributed by atoms with Gasteiger partial charge < -0.3 is 9.13 Å². The first-order valence-electron chi connectivity index (χ1n) is 16.1. The number of fused-ring (bicyclic) bond motifs is 3. The fourth-order valence-electron chi connectivity index (χ4n) is 6.85. The predicted molar refractivity (Wildman–Crippen MR) is 206 cm³/mol. The van der Waals surface area contributed by atoms with E-state index in [1.54, 1.807) is 0 Å². The molecule has 8 rings (SSSR count). The van der Waals surface area contributed by atoms with E-state index in [9.17, 15) is 0 Å². The van der Waals surface area contributed by atoms with Crippen molar-refractivity contribution in [3.63, 3.8) is 0 Å². The van der Waals surface area contributed by atoms with Gasteiger partial charge in [0.1, 0.15) is 0 Å². The molecule has 230 valence electrons. The topological polar surface area (TPSA) is 34.1 Å². The Balaban J connectivity index is 1.52. The minimum atomic E-state index is -3.43. The summed E-state index contributed by atoms with van der Waals surface area (Å²) in [6.07, 6.45) is 0. The average molecular weight is 655 g/mol. The van der Waals surface area contributed by atoms with Gasteiger partial charge in [0.15, 0.2) is 14.3 Å². The van der Waals surface area contributed by atoms with Crippen LogP contribution in [0.2, 0.25) is 0 Å². The molecule has 0 amide bonds. The van der Waals surface area contributed by atoms with Crippen molar-refractivity contribution < 1.29 is 9.13 Å². The van der Waals surface area contributed by atoms with E-state index < -0.39 is 14.3 Å². The maximum atomic E-state index is 15.9. The Hall–Kier alpha value is -5.26. The summed E-state index contributed by atoms with van der Waals surface area (Å²) in [6.45, 7) is 0. The summed E-state index contributed by atoms with van der Waals surface area (Å²) in [5.41, 5.74) is 1.89. The van der Waals surface area contributed by atoms with Crippen LogP contribution in [0.4, 0.5) is 0 Å². The third kappa shape index (κ3) is 5.06. The fourth-order valence-corrected chi connectivity index (χ4v) is 12.4. The van der Waals surface area contributed by atoms with Gasteiger partial charge in [-0.3, -0.25) is 0 Å². The van der Waals surface area contributed by atoms with Crippen LogP contribution >= 0.6 is 14.3 Å². The van der Waals surface area contributed by atoms with E-state index in [1.165, 1.54) is 5.39 Å². The van der Waals surface area contributed by atoms with E-state index in [0.29, 0.717) is 10.6 Å². The lowest BCUT2D eigenvalue weighted by atomic mass is 9.93. The molecule has 0 aliphatic rings. The molecule has 0 aliphatic carbocycles. The van der Waals surface area contributed by atoms with Crippen molar-refractivity contribution in [3.8, 4) is 11.1 Å². The van der Waals surface area contributed by atoms with Crippen LogP contribution in [-0.4, -0.2) is 0 Å². The van der Waals surface area contributed by atoms with E-state index in [2.05, 4.69) is 66.7 Å². The van der Waals surface area contributed by atoms with Gasteiger partial charge in [-0.25, -0.2) is 0 Å². The molecule has 0 aromatic heterocycles. The summed E-state index contributed by atoms with van der Waals surface area (Å²) >= 11 is 0. The van der Waals surface area contributed by atoms with E-state index in [1.807, 2.05) is 127 Å². The third-order valence-electron chi connectivity index (χ3n) is 9.19. The van der Waals surface area contributed by atoms with Crippen LogP contribution in [0.1, 0.15) is 0 Å². The van der Waals surface area contributed by atoms with Crippen LogP contribution in [0.5, 0.6) is 0 Å². The summed E-state index contributed by atoms with van der Waals surface area (Å²) in [6, 6.07) is 64.0. The maximum absolute atomic E-state index is 15.9. The molecule has 8 aromatic carbocycles. The van der Waals surface area contributed by atoms with Crippen molar-refractivity contribution >= 4 is 67.7 Å². The molecule has 0 aliphatic heterocycles. The molecule has 0 saturated carbocycles. The number of rotatable bonds is 7. The number of hydrogen-bond donors (Lipinski definition) is 0. The van der Waals surface area contributed by atoms with Crippen LogP contribution in [0, 0.1) is 0 Å². The quantitative estimate of drug-likeness (QED) is 0.127. The van der Waals surface area contributed by atoms with Gasteiger partial charge in [0.05, 0.1) is 0 Å². The van der Waals surface area contributed by atoms with Gasteiger partial charge in [0.2, 0.25) is 0 Å². The fraction of sp³-hybridized carbons (Fsp3) is 0. The zero-order chi connectivity index (χ0) is 32.6. The molecule has 0 unspecified atom stereocenters. The Morgan fingerprint density at radius 2 is 0.646 bits per heavy atom. The number of hydrogen-bond acceptors (Lipinski definition) is 2. The van der Waals surface area contributed by atoms with Crippen molar-refractivity contribution in [2.24, 2.45) is 0 Å². The zero-order valence-electron chi connectivity index (χ0n) is 26.2. The van der Waals surface area contributed by atoms with Gasteiger partial charge in [-0.15, -0.1) is 0 Å². The third-order valence-corrected chi connectivity index (χ3v) is 15.3. The van der Waals surface area contributed by atoms with Crippen LogP contribution in [-0.2, 0) is 9.13 Å². The monoisotopic (exact) mass is 654 g/mol. The molecular weight excluding hydrogens is 622 g/mol. The lowest BCUT2D eigenvalue weighted by molar-refractivity contribution is 0.592. The second kappa shape index (κ2) is 12.4. The molecule has 0 radical (unpaired) electrons. The molecule has 48 heavy (non-hydrogen) atoms. The van der Waals surface area contributed by atoms with Crippen LogP contribution in [0.25, 0.3) is 32.7 Å². The second-order valence-electron chi connectivity index (χ2n) is 12.0. The molecule has 0 bridgehead atoms. The molecule has 2 nitrogen and oxygen atoms in total. The van der Waals surface area contributed by atoms with Gasteiger partial charge in [0.25, 0.3) is 0 Å². The van der Waals surface area contributed by atoms with Gasteiger partial charge in [-0.05, 0) is 56.9 Å². The predicted octanol–water partition coefficient (Wildman–Crippen LogP) is 8.94. The molecule has 0 heterocycles. The SMILES string of the molecule is O=P(c1ccccc1)(c1ccccc1)c1cc(-c2cc3ccccc3c3ccccc23)cc(P(=O)(c2ccccc2)c2ccccc2)c1. The summed E-state index contributed by atoms with van der Waals surface area (Å²) < 4.78 is 31.9. The molecule has 0 atom stereocenters. The minimum absolute atomic E-state index is 0.650. The highest BCUT2D eigenvalue weighted by atomic mass is 31.2. The van der Waals surface area contributed by atoms with Crippen LogP contribution in [0.3, 0.4) is 0 Å². The molecule has 0 fully saturated rings. The smallest absolute Gasteiger partial charge is 0.171 e. The van der Waals surface area contributed by atoms with Crippen molar-refractivity contribution in [2.45, 2.75) is 0 Å². The van der Waals surface area contributed by atoms with E-state index >= 15 is 9.13 Å². The second-order valence-corrected chi connectivity index (χ2v) is 17.5. The van der Waals surface area contributed by atoms with E-state index in [-0.39, 0.29) is 0 Å². The normalized spacial score (nSPS) is 11.9. The first kappa shape index (κ1) is 30.1. The van der Waals surface area contributed by atoms with Gasteiger partial charge in [-0.2, -0.15) is 0 Å². The Labute approximate surface area is 281 Å². The molecule has 4 heteroatoms. The molecule has 0 spiro atoms. The number of benzene rings is 8. The molecule has 0 N–H and O–H groups in total. The summed E-state index contributed by atoms with van der Waals surface area (Å²) in [4.78, 5) is 0. The van der Waals surface area contributed by atoms with Crippen LogP contribution < -0.4 is 31.8 Å². The minimum Gasteiger partial charge on any atom is -0.309 e. The standard InChI is InChI=1S/C44H32O2P2/c45-47(35-18-5-1-6-19-35,36-20-7-2-8-21-36)39-29-34(44-31-33-17-13-14-26-41(33)42-27-15-16-28-43(42)44)30-40(32-39)48(46,37-22-9-3-10-23-37)38-24-11-4-12-25-38/h1-32H. The Morgan fingerprint density at radius 3 is 1.08 bits per heavy atom. The largest absolute Gasteiger partial charge is 0.309 e. The van der Waals surface area contributed by atoms with E-state index in [0.717, 1.165) is 48.5 Å². The zero-order valence-corrected chi connectivity index (χ0v) is 28.0. The highest BCUT2D eigenvalue weighted by molar-refractivity contribution is 7.86. The Bertz CT molecular complexity index is 2290. The van der Waals surface area contributed by atoms with Crippen molar-refractivity contribution in [2.75, 3.05) is 0 Å². The first-order chi connectivity index (χ1) is 23.6. The summed E-state index contributed by atoms with van der Waals surface area (Å²) in [5.74, 6) is 0. The van der Waals surface area contributed by atoms with Crippen molar-refractivity contribution in [1.29, 1.82) is 0 Å². The van der Waals surface area contributed by atoms with E-state index in [4.69, 9.17) is 0 Å². The van der Waals surface area contributed by atoms with Crippen molar-refractivity contribution in [1.82, 2.24) is 0 Å². The highest BCUT2D eigenvalue weighted by Crippen LogP contribution is 2.47. The first-order valence-corrected chi connectivity index (χ1v) is 19.5. The van der Waals surface area contributed by atoms with Gasteiger partial charge >= 0.3 is 0 Å². The van der Waals surface area contributed by atoms with Gasteiger partial charge in [-0.1, -0.05) is 170 Å². The Morgan fingerprint density at radius 1 is 0.292 bits per heavy atom. The Kier molecular flexibility index (Phi) is 7.78. The highest BCUT2D eigenvalue weighted by Gasteiger charge is 2.35. The molecular formula is C44H32O2P2. The van der Waals surface area contributed by atoms with Gasteiger partial charge in [0, 0.05) is 31.8 Å².